The van der Waals surface area contributed by atoms with Gasteiger partial charge in [0.1, 0.15) is 17.9 Å². The van der Waals surface area contributed by atoms with E-state index in [1.54, 1.807) is 48.5 Å². The Morgan fingerprint density at radius 2 is 1.96 bits per heavy atom. The third-order valence-electron chi connectivity index (χ3n) is 3.86. The summed E-state index contributed by atoms with van der Waals surface area (Å²) in [7, 11) is 1.52. The van der Waals surface area contributed by atoms with Crippen LogP contribution in [0.4, 0.5) is 0 Å². The van der Waals surface area contributed by atoms with Gasteiger partial charge in [0.15, 0.2) is 0 Å². The fourth-order valence-corrected chi connectivity index (χ4v) is 2.49. The summed E-state index contributed by atoms with van der Waals surface area (Å²) in [6.07, 6.45) is 2.88. The van der Waals surface area contributed by atoms with Crippen molar-refractivity contribution in [3.8, 4) is 11.8 Å². The van der Waals surface area contributed by atoms with Crippen molar-refractivity contribution in [1.29, 1.82) is 5.26 Å². The van der Waals surface area contributed by atoms with Crippen molar-refractivity contribution in [3.63, 3.8) is 0 Å². The van der Waals surface area contributed by atoms with Crippen LogP contribution in [0, 0.1) is 11.3 Å². The number of benzene rings is 2. The number of esters is 1. The van der Waals surface area contributed by atoms with Crippen LogP contribution in [0.2, 0.25) is 0 Å². The van der Waals surface area contributed by atoms with Crippen LogP contribution >= 0.6 is 0 Å². The van der Waals surface area contributed by atoms with E-state index < -0.39 is 11.6 Å². The second-order valence-corrected chi connectivity index (χ2v) is 5.63. The van der Waals surface area contributed by atoms with Crippen molar-refractivity contribution < 1.29 is 18.7 Å². The highest BCUT2D eigenvalue weighted by Crippen LogP contribution is 2.23. The van der Waals surface area contributed by atoms with E-state index >= 15 is 0 Å². The highest BCUT2D eigenvalue weighted by molar-refractivity contribution is 5.87. The number of hydrogen-bond donors (Lipinski definition) is 0. The topological polar surface area (TPSA) is 89.5 Å². The molecule has 3 aromatic rings. The molecule has 0 saturated heterocycles. The van der Waals surface area contributed by atoms with E-state index in [0.29, 0.717) is 27.8 Å². The predicted octanol–water partition coefficient (Wildman–Crippen LogP) is 3.43. The molecule has 0 aliphatic carbocycles. The summed E-state index contributed by atoms with van der Waals surface area (Å²) in [6, 6.07) is 15.2. The molecule has 0 radical (unpaired) electrons. The SMILES string of the molecule is COc1ccc2c(COC(=O)/C=C/c3ccc(C#N)cc3)cc(=O)oc2c1. The lowest BCUT2D eigenvalue weighted by atomic mass is 10.1. The first-order chi connectivity index (χ1) is 13.1. The van der Waals surface area contributed by atoms with Crippen molar-refractivity contribution in [2.45, 2.75) is 6.61 Å². The first-order valence-corrected chi connectivity index (χ1v) is 8.05. The molecule has 0 N–H and O–H groups in total. The fraction of sp³-hybridized carbons (Fsp3) is 0.0952. The average Bonchev–Trinajstić information content (AvgIpc) is 2.70. The Morgan fingerprint density at radius 1 is 1.19 bits per heavy atom. The van der Waals surface area contributed by atoms with Crippen LogP contribution < -0.4 is 10.4 Å². The van der Waals surface area contributed by atoms with Gasteiger partial charge in [0, 0.05) is 29.2 Å². The molecule has 6 heteroatoms. The number of rotatable bonds is 5. The number of carbonyl (C=O) groups is 1. The number of methoxy groups -OCH3 is 1. The third kappa shape index (κ3) is 4.41. The molecular formula is C21H15NO5. The molecule has 0 amide bonds. The Bertz CT molecular complexity index is 1100. The fourth-order valence-electron chi connectivity index (χ4n) is 2.49. The minimum atomic E-state index is -0.547. The summed E-state index contributed by atoms with van der Waals surface area (Å²) in [5.74, 6) is 0.0133. The molecule has 0 unspecified atom stereocenters. The number of fused-ring (bicyclic) bond motifs is 1. The number of hydrogen-bond acceptors (Lipinski definition) is 6. The number of nitrogens with zero attached hydrogens (tertiary/aromatic N) is 1. The van der Waals surface area contributed by atoms with Crippen LogP contribution in [0.3, 0.4) is 0 Å². The van der Waals surface area contributed by atoms with Gasteiger partial charge < -0.3 is 13.9 Å². The van der Waals surface area contributed by atoms with E-state index in [9.17, 15) is 9.59 Å². The third-order valence-corrected chi connectivity index (χ3v) is 3.86. The van der Waals surface area contributed by atoms with E-state index in [2.05, 4.69) is 0 Å². The average molecular weight is 361 g/mol. The lowest BCUT2D eigenvalue weighted by Crippen LogP contribution is -2.05. The van der Waals surface area contributed by atoms with Gasteiger partial charge in [-0.25, -0.2) is 9.59 Å². The second kappa shape index (κ2) is 8.02. The van der Waals surface area contributed by atoms with Gasteiger partial charge in [0.05, 0.1) is 18.7 Å². The van der Waals surface area contributed by atoms with Gasteiger partial charge >= 0.3 is 11.6 Å². The zero-order valence-electron chi connectivity index (χ0n) is 14.5. The van der Waals surface area contributed by atoms with Gasteiger partial charge in [-0.1, -0.05) is 12.1 Å². The summed E-state index contributed by atoms with van der Waals surface area (Å²) in [4.78, 5) is 23.7. The quantitative estimate of drug-likeness (QED) is 0.393. The van der Waals surface area contributed by atoms with Gasteiger partial charge in [-0.05, 0) is 35.9 Å². The monoisotopic (exact) mass is 361 g/mol. The Labute approximate surface area is 154 Å². The first kappa shape index (κ1) is 18.0. The standard InChI is InChI=1S/C21H15NO5/c1-25-17-7-8-18-16(10-21(24)27-19(18)11-17)13-26-20(23)9-6-14-2-4-15(12-22)5-3-14/h2-11H,13H2,1H3/b9-6+. The molecule has 1 aromatic heterocycles. The predicted molar refractivity (Wildman–Crippen MR) is 99.0 cm³/mol. The molecule has 0 spiro atoms. The molecule has 27 heavy (non-hydrogen) atoms. The zero-order valence-corrected chi connectivity index (χ0v) is 14.5. The van der Waals surface area contributed by atoms with E-state index in [1.807, 2.05) is 6.07 Å². The molecule has 2 aromatic carbocycles. The van der Waals surface area contributed by atoms with E-state index in [0.717, 1.165) is 5.56 Å². The lowest BCUT2D eigenvalue weighted by Gasteiger charge is -2.07. The number of nitriles is 1. The van der Waals surface area contributed by atoms with Crippen LogP contribution in [0.15, 0.2) is 63.8 Å². The van der Waals surface area contributed by atoms with Gasteiger partial charge in [-0.3, -0.25) is 0 Å². The molecule has 0 aliphatic rings. The molecule has 6 nitrogen and oxygen atoms in total. The molecule has 0 atom stereocenters. The minimum absolute atomic E-state index is 0.0645. The van der Waals surface area contributed by atoms with Crippen molar-refractivity contribution in [1.82, 2.24) is 0 Å². The lowest BCUT2D eigenvalue weighted by molar-refractivity contribution is -0.138. The number of ether oxygens (including phenoxy) is 2. The van der Waals surface area contributed by atoms with E-state index in [4.69, 9.17) is 19.2 Å². The van der Waals surface area contributed by atoms with Crippen LogP contribution in [-0.2, 0) is 16.1 Å². The number of carbonyl (C=O) groups excluding carboxylic acids is 1. The molecule has 134 valence electrons. The summed E-state index contributed by atoms with van der Waals surface area (Å²) in [5, 5.41) is 9.44. The molecule has 0 fully saturated rings. The van der Waals surface area contributed by atoms with Gasteiger partial charge in [-0.2, -0.15) is 5.26 Å². The molecular weight excluding hydrogens is 346 g/mol. The summed E-state index contributed by atoms with van der Waals surface area (Å²) >= 11 is 0. The summed E-state index contributed by atoms with van der Waals surface area (Å²) < 4.78 is 15.5. The van der Waals surface area contributed by atoms with Crippen LogP contribution in [0.5, 0.6) is 5.75 Å². The maximum Gasteiger partial charge on any atom is 0.336 e. The Kier molecular flexibility index (Phi) is 5.33. The van der Waals surface area contributed by atoms with Crippen LogP contribution in [-0.4, -0.2) is 13.1 Å². The van der Waals surface area contributed by atoms with Gasteiger partial charge in [0.25, 0.3) is 0 Å². The highest BCUT2D eigenvalue weighted by Gasteiger charge is 2.09. The Morgan fingerprint density at radius 3 is 2.67 bits per heavy atom. The largest absolute Gasteiger partial charge is 0.497 e. The molecule has 3 rings (SSSR count). The van der Waals surface area contributed by atoms with Gasteiger partial charge in [0.2, 0.25) is 0 Å². The summed E-state index contributed by atoms with van der Waals surface area (Å²) in [6.45, 7) is -0.0645. The molecule has 1 heterocycles. The van der Waals surface area contributed by atoms with Crippen molar-refractivity contribution in [2.75, 3.05) is 7.11 Å². The summed E-state index contributed by atoms with van der Waals surface area (Å²) in [5.41, 5.74) is 1.69. The van der Waals surface area contributed by atoms with Gasteiger partial charge in [-0.15, -0.1) is 0 Å². The highest BCUT2D eigenvalue weighted by atomic mass is 16.5. The Balaban J connectivity index is 1.72. The van der Waals surface area contributed by atoms with Crippen LogP contribution in [0.1, 0.15) is 16.7 Å². The molecule has 0 saturated carbocycles. The van der Waals surface area contributed by atoms with E-state index in [1.165, 1.54) is 19.3 Å². The first-order valence-electron chi connectivity index (χ1n) is 8.05. The van der Waals surface area contributed by atoms with Crippen molar-refractivity contribution in [2.24, 2.45) is 0 Å². The Hall–Kier alpha value is -3.85. The normalized spacial score (nSPS) is 10.7. The minimum Gasteiger partial charge on any atom is -0.497 e. The van der Waals surface area contributed by atoms with E-state index in [-0.39, 0.29) is 6.61 Å². The van der Waals surface area contributed by atoms with Crippen molar-refractivity contribution >= 4 is 23.0 Å². The maximum absolute atomic E-state index is 12.0. The second-order valence-electron chi connectivity index (χ2n) is 5.63. The van der Waals surface area contributed by atoms with Crippen molar-refractivity contribution in [3.05, 3.63) is 81.7 Å². The molecule has 0 aliphatic heterocycles. The molecule has 0 bridgehead atoms. The smallest absolute Gasteiger partial charge is 0.336 e. The maximum atomic E-state index is 12.0. The van der Waals surface area contributed by atoms with Crippen LogP contribution in [0.25, 0.3) is 17.0 Å². The zero-order chi connectivity index (χ0) is 19.2.